The van der Waals surface area contributed by atoms with Gasteiger partial charge in [0.05, 0.1) is 6.42 Å². The fraction of sp³-hybridized carbons (Fsp3) is 0.333. The summed E-state index contributed by atoms with van der Waals surface area (Å²) in [6.07, 6.45) is 5.14. The number of aryl methyl sites for hydroxylation is 1. The summed E-state index contributed by atoms with van der Waals surface area (Å²) in [6.45, 7) is 0.354. The minimum absolute atomic E-state index is 0.0565. The van der Waals surface area contributed by atoms with Crippen LogP contribution in [0.2, 0.25) is 0 Å². The Bertz CT molecular complexity index is 741. The maximum Gasteiger partial charge on any atom is 0.226 e. The van der Waals surface area contributed by atoms with Crippen LogP contribution in [0.25, 0.3) is 0 Å². The van der Waals surface area contributed by atoms with Crippen LogP contribution in [0.3, 0.4) is 0 Å². The molecular formula is C21H24N2O2. The first kappa shape index (κ1) is 17.2. The van der Waals surface area contributed by atoms with Crippen LogP contribution >= 0.6 is 0 Å². The lowest BCUT2D eigenvalue weighted by Gasteiger charge is -2.19. The molecule has 0 saturated heterocycles. The van der Waals surface area contributed by atoms with Crippen molar-refractivity contribution in [1.29, 1.82) is 0 Å². The molecule has 0 spiro atoms. The Kier molecular flexibility index (Phi) is 5.83. The summed E-state index contributed by atoms with van der Waals surface area (Å²) in [5, 5.41) is 5.81. The largest absolute Gasteiger partial charge is 0.355 e. The van der Waals surface area contributed by atoms with Crippen molar-refractivity contribution in [1.82, 2.24) is 5.32 Å². The Morgan fingerprint density at radius 1 is 0.880 bits per heavy atom. The Balaban J connectivity index is 1.45. The predicted molar refractivity (Wildman–Crippen MR) is 99.5 cm³/mol. The molecule has 1 aliphatic rings. The first-order chi connectivity index (χ1) is 12.2. The molecule has 0 fully saturated rings. The zero-order valence-electron chi connectivity index (χ0n) is 14.4. The van der Waals surface area contributed by atoms with Crippen LogP contribution in [-0.4, -0.2) is 18.4 Å². The third kappa shape index (κ3) is 4.92. The fourth-order valence-electron chi connectivity index (χ4n) is 3.27. The number of hydrogen-bond donors (Lipinski definition) is 2. The molecular weight excluding hydrogens is 312 g/mol. The lowest BCUT2D eigenvalue weighted by Crippen LogP contribution is -2.29. The number of fused-ring (bicyclic) bond motifs is 1. The van der Waals surface area contributed by atoms with Gasteiger partial charge in [-0.3, -0.25) is 9.59 Å². The standard InChI is InChI=1S/C21H24N2O2/c24-20(13-14-22-21(25)15-16-7-2-1-3-8-16)23-19-12-6-10-17-9-4-5-11-18(17)19/h1-3,6-8,10,12H,4-5,9,11,13-15H2,(H,22,25)(H,23,24). The smallest absolute Gasteiger partial charge is 0.226 e. The molecule has 1 aliphatic carbocycles. The van der Waals surface area contributed by atoms with Crippen LogP contribution in [0.4, 0.5) is 5.69 Å². The number of hydrogen-bond acceptors (Lipinski definition) is 2. The van der Waals surface area contributed by atoms with Crippen molar-refractivity contribution >= 4 is 17.5 Å². The molecule has 4 heteroatoms. The molecule has 25 heavy (non-hydrogen) atoms. The lowest BCUT2D eigenvalue weighted by molar-refractivity contribution is -0.120. The van der Waals surface area contributed by atoms with Crippen LogP contribution in [-0.2, 0) is 28.9 Å². The molecule has 0 saturated carbocycles. The van der Waals surface area contributed by atoms with Gasteiger partial charge in [0.1, 0.15) is 0 Å². The van der Waals surface area contributed by atoms with Crippen molar-refractivity contribution < 1.29 is 9.59 Å². The highest BCUT2D eigenvalue weighted by Crippen LogP contribution is 2.27. The number of carbonyl (C=O) groups excluding carboxylic acids is 2. The van der Waals surface area contributed by atoms with Crippen LogP contribution < -0.4 is 10.6 Å². The van der Waals surface area contributed by atoms with Crippen molar-refractivity contribution in [3.05, 3.63) is 65.2 Å². The van der Waals surface area contributed by atoms with E-state index in [1.165, 1.54) is 24.0 Å². The van der Waals surface area contributed by atoms with Gasteiger partial charge in [-0.25, -0.2) is 0 Å². The zero-order valence-corrected chi connectivity index (χ0v) is 14.4. The zero-order chi connectivity index (χ0) is 17.5. The highest BCUT2D eigenvalue weighted by Gasteiger charge is 2.14. The second-order valence-corrected chi connectivity index (χ2v) is 6.46. The summed E-state index contributed by atoms with van der Waals surface area (Å²) < 4.78 is 0. The molecule has 0 atom stereocenters. The maximum absolute atomic E-state index is 12.2. The maximum atomic E-state index is 12.2. The average Bonchev–Trinajstić information content (AvgIpc) is 2.63. The van der Waals surface area contributed by atoms with Crippen LogP contribution in [0.5, 0.6) is 0 Å². The van der Waals surface area contributed by atoms with Crippen LogP contribution in [0.1, 0.15) is 36.0 Å². The van der Waals surface area contributed by atoms with E-state index in [4.69, 9.17) is 0 Å². The van der Waals surface area contributed by atoms with Crippen molar-refractivity contribution in [3.63, 3.8) is 0 Å². The average molecular weight is 336 g/mol. The van der Waals surface area contributed by atoms with Crippen molar-refractivity contribution in [2.75, 3.05) is 11.9 Å². The lowest BCUT2D eigenvalue weighted by atomic mass is 9.90. The van der Waals surface area contributed by atoms with Gasteiger partial charge in [0.25, 0.3) is 0 Å². The van der Waals surface area contributed by atoms with Crippen molar-refractivity contribution in [2.45, 2.75) is 38.5 Å². The first-order valence-corrected chi connectivity index (χ1v) is 8.93. The van der Waals surface area contributed by atoms with Crippen molar-refractivity contribution in [2.24, 2.45) is 0 Å². The SMILES string of the molecule is O=C(Cc1ccccc1)NCCC(=O)Nc1cccc2c1CCCC2. The van der Waals surface area contributed by atoms with Gasteiger partial charge in [0.15, 0.2) is 0 Å². The quantitative estimate of drug-likeness (QED) is 0.851. The van der Waals surface area contributed by atoms with Crippen LogP contribution in [0.15, 0.2) is 48.5 Å². The molecule has 2 aromatic rings. The number of amides is 2. The third-order valence-electron chi connectivity index (χ3n) is 4.55. The van der Waals surface area contributed by atoms with E-state index in [2.05, 4.69) is 16.7 Å². The van der Waals surface area contributed by atoms with Gasteiger partial charge in [-0.2, -0.15) is 0 Å². The van der Waals surface area contributed by atoms with E-state index >= 15 is 0 Å². The van der Waals surface area contributed by atoms with E-state index in [1.54, 1.807) is 0 Å². The molecule has 2 amide bonds. The van der Waals surface area contributed by atoms with Gasteiger partial charge >= 0.3 is 0 Å². The highest BCUT2D eigenvalue weighted by atomic mass is 16.2. The van der Waals surface area contributed by atoms with E-state index in [-0.39, 0.29) is 18.2 Å². The molecule has 0 unspecified atom stereocenters. The fourth-order valence-corrected chi connectivity index (χ4v) is 3.27. The molecule has 2 aromatic carbocycles. The molecule has 0 heterocycles. The Hall–Kier alpha value is -2.62. The number of nitrogens with one attached hydrogen (secondary N) is 2. The summed E-state index contributed by atoms with van der Waals surface area (Å²) in [6, 6.07) is 15.7. The monoisotopic (exact) mass is 336 g/mol. The van der Waals surface area contributed by atoms with E-state index in [9.17, 15) is 9.59 Å². The number of rotatable bonds is 6. The third-order valence-corrected chi connectivity index (χ3v) is 4.55. The minimum atomic E-state index is -0.0592. The summed E-state index contributed by atoms with van der Waals surface area (Å²) in [4.78, 5) is 24.1. The van der Waals surface area contributed by atoms with E-state index in [0.717, 1.165) is 24.1 Å². The van der Waals surface area contributed by atoms with Gasteiger partial charge in [0.2, 0.25) is 11.8 Å². The highest BCUT2D eigenvalue weighted by molar-refractivity contribution is 5.92. The second-order valence-electron chi connectivity index (χ2n) is 6.46. The van der Waals surface area contributed by atoms with Gasteiger partial charge in [-0.05, 0) is 48.4 Å². The molecule has 0 aromatic heterocycles. The normalized spacial score (nSPS) is 13.0. The van der Waals surface area contributed by atoms with E-state index in [1.807, 2.05) is 42.5 Å². The van der Waals surface area contributed by atoms with Crippen LogP contribution in [0, 0.1) is 0 Å². The number of carbonyl (C=O) groups is 2. The first-order valence-electron chi connectivity index (χ1n) is 8.93. The minimum Gasteiger partial charge on any atom is -0.355 e. The number of benzene rings is 2. The predicted octanol–water partition coefficient (Wildman–Crippen LogP) is 3.25. The molecule has 130 valence electrons. The Morgan fingerprint density at radius 3 is 2.52 bits per heavy atom. The molecule has 0 bridgehead atoms. The number of anilines is 1. The summed E-state index contributed by atoms with van der Waals surface area (Å²) in [5.41, 5.74) is 4.52. The topological polar surface area (TPSA) is 58.2 Å². The van der Waals surface area contributed by atoms with E-state index < -0.39 is 0 Å². The molecule has 4 nitrogen and oxygen atoms in total. The van der Waals surface area contributed by atoms with Gasteiger partial charge in [-0.1, -0.05) is 42.5 Å². The molecule has 0 aliphatic heterocycles. The summed E-state index contributed by atoms with van der Waals surface area (Å²) in [5.74, 6) is -0.116. The Labute approximate surface area is 148 Å². The van der Waals surface area contributed by atoms with Gasteiger partial charge < -0.3 is 10.6 Å². The molecule has 0 radical (unpaired) electrons. The second kappa shape index (κ2) is 8.47. The van der Waals surface area contributed by atoms with Gasteiger partial charge in [0, 0.05) is 18.7 Å². The Morgan fingerprint density at radius 2 is 1.68 bits per heavy atom. The van der Waals surface area contributed by atoms with Gasteiger partial charge in [-0.15, -0.1) is 0 Å². The van der Waals surface area contributed by atoms with Crippen molar-refractivity contribution in [3.8, 4) is 0 Å². The molecule has 2 N–H and O–H groups in total. The molecule has 3 rings (SSSR count). The summed E-state index contributed by atoms with van der Waals surface area (Å²) in [7, 11) is 0. The summed E-state index contributed by atoms with van der Waals surface area (Å²) >= 11 is 0. The van der Waals surface area contributed by atoms with E-state index in [0.29, 0.717) is 13.0 Å².